The summed E-state index contributed by atoms with van der Waals surface area (Å²) in [7, 11) is 0. The maximum absolute atomic E-state index is 13.7. The van der Waals surface area contributed by atoms with Gasteiger partial charge in [-0.3, -0.25) is 9.59 Å². The molecule has 0 aromatic carbocycles. The van der Waals surface area contributed by atoms with Crippen molar-refractivity contribution in [2.24, 2.45) is 39.7 Å². The molecule has 0 radical (unpaired) electrons. The molecule has 1 aromatic rings. The van der Waals surface area contributed by atoms with Crippen LogP contribution in [0.5, 0.6) is 0 Å². The van der Waals surface area contributed by atoms with Gasteiger partial charge in [-0.2, -0.15) is 0 Å². The number of hydrogen-bond acceptors (Lipinski definition) is 10. The number of nitrogens with two attached hydrogens (primary N) is 1. The smallest absolute Gasteiger partial charge is 0.316 e. The average Bonchev–Trinajstić information content (AvgIpc) is 3.67. The maximum atomic E-state index is 13.7. The van der Waals surface area contributed by atoms with Crippen molar-refractivity contribution in [3.63, 3.8) is 0 Å². The Labute approximate surface area is 252 Å². The number of fused-ring (bicyclic) bond motifs is 1. The minimum Gasteiger partial charge on any atom is -0.461 e. The van der Waals surface area contributed by atoms with E-state index in [-0.39, 0.29) is 64.2 Å². The summed E-state index contributed by atoms with van der Waals surface area (Å²) >= 11 is 1.49. The molecule has 42 heavy (non-hydrogen) atoms. The Morgan fingerprint density at radius 2 is 1.93 bits per heavy atom. The number of aliphatic hydroxyl groups excluding tert-OH is 1. The quantitative estimate of drug-likeness (QED) is 0.469. The third-order valence-electron chi connectivity index (χ3n) is 11.8. The van der Waals surface area contributed by atoms with Gasteiger partial charge in [0, 0.05) is 41.1 Å². The van der Waals surface area contributed by atoms with Gasteiger partial charge in [-0.05, 0) is 42.9 Å². The van der Waals surface area contributed by atoms with Crippen LogP contribution in [0.15, 0.2) is 24.8 Å². The molecule has 3 saturated carbocycles. The van der Waals surface area contributed by atoms with Gasteiger partial charge in [0.15, 0.2) is 0 Å². The van der Waals surface area contributed by atoms with Gasteiger partial charge < -0.3 is 25.1 Å². The lowest BCUT2D eigenvalue weighted by molar-refractivity contribution is -0.205. The van der Waals surface area contributed by atoms with Crippen molar-refractivity contribution in [2.45, 2.75) is 95.5 Å². The Kier molecular flexibility index (Phi) is 8.09. The summed E-state index contributed by atoms with van der Waals surface area (Å²) in [6.07, 6.45) is 11.0. The fraction of sp³-hybridized carbons (Fsp3) is 0.750. The molecule has 1 aromatic heterocycles. The molecule has 12 atom stereocenters. The normalized spacial score (nSPS) is 46.7. The molecule has 0 unspecified atom stereocenters. The molecule has 2 saturated heterocycles. The highest BCUT2D eigenvalue weighted by Gasteiger charge is 2.68. The lowest BCUT2D eigenvalue weighted by Crippen LogP contribution is -2.63. The Balaban J connectivity index is 1.31. The van der Waals surface area contributed by atoms with Crippen molar-refractivity contribution in [3.05, 3.63) is 30.4 Å². The molecule has 0 spiro atoms. The first-order chi connectivity index (χ1) is 20.0. The zero-order valence-corrected chi connectivity index (χ0v) is 25.9. The van der Waals surface area contributed by atoms with Gasteiger partial charge in [-0.15, -0.1) is 11.8 Å². The molecular formula is C32H45N3O6S. The number of rotatable bonds is 6. The topological polar surface area (TPSA) is 134 Å². The van der Waals surface area contributed by atoms with Crippen molar-refractivity contribution in [2.75, 3.05) is 19.0 Å². The number of carbonyl (C=O) groups is 2. The summed E-state index contributed by atoms with van der Waals surface area (Å²) in [5.41, 5.74) is 5.37. The maximum Gasteiger partial charge on any atom is 0.316 e. The number of carbonyl (C=O) groups excluding carboxylic acids is 2. The van der Waals surface area contributed by atoms with Gasteiger partial charge >= 0.3 is 5.97 Å². The number of aliphatic hydroxyl groups is 1. The lowest BCUT2D eigenvalue weighted by atomic mass is 9.44. The van der Waals surface area contributed by atoms with E-state index in [1.54, 1.807) is 12.4 Å². The molecule has 5 aliphatic rings. The first-order valence-electron chi connectivity index (χ1n) is 15.4. The van der Waals surface area contributed by atoms with Gasteiger partial charge in [-0.25, -0.2) is 9.97 Å². The van der Waals surface area contributed by atoms with Gasteiger partial charge in [-0.1, -0.05) is 39.8 Å². The third-order valence-corrected chi connectivity index (χ3v) is 13.0. The Morgan fingerprint density at radius 3 is 2.69 bits per heavy atom. The summed E-state index contributed by atoms with van der Waals surface area (Å²) in [6, 6.07) is -0.138. The van der Waals surface area contributed by atoms with E-state index < -0.39 is 23.0 Å². The van der Waals surface area contributed by atoms with Crippen LogP contribution in [-0.2, 0) is 23.8 Å². The van der Waals surface area contributed by atoms with E-state index in [9.17, 15) is 14.7 Å². The lowest BCUT2D eigenvalue weighted by Gasteiger charge is -2.61. The number of esters is 1. The largest absolute Gasteiger partial charge is 0.461 e. The SMILES string of the molecule is C[C@@H]1CC[C@@]23CCC(=O)[C@H]2[C@]1(C)[C@H](OC(=O)CS[C@H]1CO[C@H]2[C@@H]1OC[C@@H]2N)C[C@](C)(/C=C/c1cncnc1)[C@@H](O)[C@@H]3C. The Bertz CT molecular complexity index is 1220. The van der Waals surface area contributed by atoms with Crippen LogP contribution < -0.4 is 5.73 Å². The molecule has 3 heterocycles. The minimum absolute atomic E-state index is 0.0191. The van der Waals surface area contributed by atoms with Crippen LogP contribution >= 0.6 is 11.8 Å². The number of Topliss-reactive ketones (excluding diaryl/α,β-unsaturated/α-hetero) is 1. The summed E-state index contributed by atoms with van der Waals surface area (Å²) in [5.74, 6) is -0.0636. The number of ketones is 1. The number of nitrogens with zero attached hydrogens (tertiary/aromatic N) is 2. The molecule has 3 N–H and O–H groups in total. The molecule has 3 aliphatic carbocycles. The summed E-state index contributed by atoms with van der Waals surface area (Å²) in [6.45, 7) is 9.52. The van der Waals surface area contributed by atoms with Crippen LogP contribution in [0.1, 0.15) is 65.4 Å². The number of aromatic nitrogens is 2. The molecule has 9 nitrogen and oxygen atoms in total. The van der Waals surface area contributed by atoms with E-state index in [4.69, 9.17) is 19.9 Å². The second-order valence-electron chi connectivity index (χ2n) is 14.0. The minimum atomic E-state index is -0.725. The van der Waals surface area contributed by atoms with Crippen molar-refractivity contribution in [1.82, 2.24) is 9.97 Å². The zero-order chi connectivity index (χ0) is 29.9. The van der Waals surface area contributed by atoms with Crippen LogP contribution in [0.3, 0.4) is 0 Å². The first-order valence-corrected chi connectivity index (χ1v) is 16.5. The van der Waals surface area contributed by atoms with Crippen LogP contribution in [0.2, 0.25) is 0 Å². The van der Waals surface area contributed by atoms with Crippen LogP contribution in [0.25, 0.3) is 6.08 Å². The monoisotopic (exact) mass is 599 g/mol. The van der Waals surface area contributed by atoms with E-state index in [0.29, 0.717) is 26.1 Å². The highest BCUT2D eigenvalue weighted by Crippen LogP contribution is 2.68. The number of ether oxygens (including phenoxy) is 3. The summed E-state index contributed by atoms with van der Waals surface area (Å²) < 4.78 is 18.2. The molecule has 6 rings (SSSR count). The summed E-state index contributed by atoms with van der Waals surface area (Å²) in [4.78, 5) is 35.6. The molecule has 5 fully saturated rings. The highest BCUT2D eigenvalue weighted by atomic mass is 32.2. The van der Waals surface area contributed by atoms with Crippen molar-refractivity contribution in [3.8, 4) is 0 Å². The third kappa shape index (κ3) is 4.85. The highest BCUT2D eigenvalue weighted by molar-refractivity contribution is 8.00. The molecule has 0 amide bonds. The standard InChI is InChI=1S/C32H45N3O6S/c1-18-5-9-32-10-7-22(36)28(32)31(18,4)24(41-25(37)16-42-23-15-40-26-21(33)14-39-27(23)26)11-30(3,29(38)19(32)2)8-6-20-12-34-17-35-13-20/h6,8,12-13,17-19,21,23-24,26-29,38H,5,7,9-11,14-16,33H2,1-4H3/b8-6+/t18-,19+,21+,23+,24-,26-,27-,28+,29+,30+,31+,32+/m1/s1. The molecule has 230 valence electrons. The van der Waals surface area contributed by atoms with E-state index in [2.05, 4.69) is 37.7 Å². The second kappa shape index (κ2) is 11.3. The number of thioether (sulfide) groups is 1. The predicted molar refractivity (Wildman–Crippen MR) is 159 cm³/mol. The fourth-order valence-corrected chi connectivity index (χ4v) is 10.2. The zero-order valence-electron chi connectivity index (χ0n) is 25.1. The number of hydrogen-bond donors (Lipinski definition) is 2. The van der Waals surface area contributed by atoms with E-state index in [1.165, 1.54) is 18.1 Å². The van der Waals surface area contributed by atoms with Gasteiger partial charge in [0.05, 0.1) is 42.5 Å². The van der Waals surface area contributed by atoms with Crippen LogP contribution in [0.4, 0.5) is 0 Å². The Morgan fingerprint density at radius 1 is 1.19 bits per heavy atom. The molecule has 2 aliphatic heterocycles. The fourth-order valence-electron chi connectivity index (χ4n) is 9.15. The van der Waals surface area contributed by atoms with Gasteiger partial charge in [0.25, 0.3) is 0 Å². The van der Waals surface area contributed by atoms with Gasteiger partial charge in [0.2, 0.25) is 0 Å². The van der Waals surface area contributed by atoms with Crippen molar-refractivity contribution < 1.29 is 28.9 Å². The predicted octanol–water partition coefficient (Wildman–Crippen LogP) is 3.44. The van der Waals surface area contributed by atoms with E-state index in [0.717, 1.165) is 24.8 Å². The van der Waals surface area contributed by atoms with Crippen LogP contribution in [-0.4, -0.2) is 81.5 Å². The first kappa shape index (κ1) is 30.2. The van der Waals surface area contributed by atoms with Crippen LogP contribution in [0, 0.1) is 34.0 Å². The van der Waals surface area contributed by atoms with E-state index in [1.807, 2.05) is 12.2 Å². The molecule has 10 heteroatoms. The molecule has 2 bridgehead atoms. The second-order valence-corrected chi connectivity index (χ2v) is 15.2. The van der Waals surface area contributed by atoms with Crippen molar-refractivity contribution in [1.29, 1.82) is 0 Å². The molecular weight excluding hydrogens is 554 g/mol. The van der Waals surface area contributed by atoms with E-state index >= 15 is 0 Å². The van der Waals surface area contributed by atoms with Gasteiger partial charge in [0.1, 0.15) is 24.3 Å². The van der Waals surface area contributed by atoms with Crippen molar-refractivity contribution >= 4 is 29.6 Å². The average molecular weight is 600 g/mol. The summed E-state index contributed by atoms with van der Waals surface area (Å²) in [5, 5.41) is 12.1. The Hall–Kier alpha value is -1.85.